The molecule has 3 atom stereocenters. The predicted molar refractivity (Wildman–Crippen MR) is 78.2 cm³/mol. The monoisotopic (exact) mass is 338 g/mol. The minimum absolute atomic E-state index is 0.199. The van der Waals surface area contributed by atoms with Crippen molar-refractivity contribution in [3.8, 4) is 0 Å². The summed E-state index contributed by atoms with van der Waals surface area (Å²) in [7, 11) is -3.25. The van der Waals surface area contributed by atoms with Crippen molar-refractivity contribution in [3.05, 3.63) is 47.8 Å². The quantitative estimate of drug-likeness (QED) is 0.780. The van der Waals surface area contributed by atoms with E-state index < -0.39 is 39.3 Å². The molecule has 1 heterocycles. The zero-order chi connectivity index (χ0) is 16.0. The topological polar surface area (TPSA) is 71.4 Å². The van der Waals surface area contributed by atoms with Gasteiger partial charge in [-0.3, -0.25) is 4.79 Å². The zero-order valence-corrected chi connectivity index (χ0v) is 13.0. The Morgan fingerprint density at radius 1 is 1.00 bits per heavy atom. The molecular weight excluding hydrogens is 327 g/mol. The van der Waals surface area contributed by atoms with Crippen LogP contribution < -0.4 is 0 Å². The fraction of sp³-hybridized carbons (Fsp3) is 0.133. The lowest BCUT2D eigenvalue weighted by atomic mass is 10.0. The molecule has 2 aromatic carbocycles. The summed E-state index contributed by atoms with van der Waals surface area (Å²) in [4.78, 5) is 12.2. The van der Waals surface area contributed by atoms with Gasteiger partial charge in [-0.25, -0.2) is 12.8 Å². The van der Waals surface area contributed by atoms with Crippen LogP contribution in [-0.2, 0) is 26.4 Å². The summed E-state index contributed by atoms with van der Waals surface area (Å²) in [6.07, 6.45) is 0. The Bertz CT molecular complexity index is 847. The molecule has 0 bridgehead atoms. The van der Waals surface area contributed by atoms with Crippen LogP contribution in [0, 0.1) is 5.82 Å². The van der Waals surface area contributed by atoms with Gasteiger partial charge < -0.3 is 5.11 Å². The summed E-state index contributed by atoms with van der Waals surface area (Å²) in [5.41, 5.74) is 0.488. The maximum absolute atomic E-state index is 13.3. The lowest BCUT2D eigenvalue weighted by Gasteiger charge is -2.19. The number of carbonyl (C=O) groups is 1. The highest BCUT2D eigenvalue weighted by atomic mass is 32.2. The molecule has 2 aromatic rings. The minimum Gasteiger partial charge on any atom is -0.481 e. The molecule has 3 unspecified atom stereocenters. The summed E-state index contributed by atoms with van der Waals surface area (Å²) >= 11 is 0. The Morgan fingerprint density at radius 3 is 2.14 bits per heavy atom. The highest BCUT2D eigenvalue weighted by molar-refractivity contribution is 7.91. The molecule has 0 amide bonds. The molecule has 0 radical (unpaired) electrons. The number of hydrogen-bond acceptors (Lipinski definition) is 3. The van der Waals surface area contributed by atoms with Crippen molar-refractivity contribution in [1.29, 1.82) is 0 Å². The van der Waals surface area contributed by atoms with Crippen molar-refractivity contribution < 1.29 is 22.7 Å². The summed E-state index contributed by atoms with van der Waals surface area (Å²) in [5, 5.41) is 9.07. The Hall–Kier alpha value is -1.86. The maximum Gasteiger partial charge on any atom is 0.310 e. The number of halogens is 1. The largest absolute Gasteiger partial charge is 0.481 e. The van der Waals surface area contributed by atoms with E-state index in [2.05, 4.69) is 0 Å². The normalized spacial score (nSPS) is 20.8. The molecule has 22 heavy (non-hydrogen) atoms. The van der Waals surface area contributed by atoms with Gasteiger partial charge in [0.25, 0.3) is 0 Å². The van der Waals surface area contributed by atoms with Gasteiger partial charge in [0, 0.05) is 0 Å². The zero-order valence-electron chi connectivity index (χ0n) is 11.4. The Labute approximate surface area is 130 Å². The first-order valence-electron chi connectivity index (χ1n) is 6.40. The molecule has 114 valence electrons. The van der Waals surface area contributed by atoms with Gasteiger partial charge in [0.05, 0.1) is 47.1 Å². The van der Waals surface area contributed by atoms with Crippen molar-refractivity contribution >= 4 is 27.6 Å². The summed E-state index contributed by atoms with van der Waals surface area (Å²) in [6, 6.07) is 8.22. The highest BCUT2D eigenvalue weighted by Crippen LogP contribution is 2.37. The average molecular weight is 338 g/mol. The first kappa shape index (κ1) is 15.1. The fourth-order valence-electron chi connectivity index (χ4n) is 2.25. The summed E-state index contributed by atoms with van der Waals surface area (Å²) < 4.78 is 38.5. The Morgan fingerprint density at radius 2 is 1.55 bits per heavy atom. The number of carboxylic acids is 1. The number of aliphatic carboxylic acids is 1. The van der Waals surface area contributed by atoms with Crippen LogP contribution in [0.4, 0.5) is 4.39 Å². The third-order valence-electron chi connectivity index (χ3n) is 3.54. The number of rotatable bonds is 2. The van der Waals surface area contributed by atoms with Crippen molar-refractivity contribution in [1.82, 2.24) is 0 Å². The van der Waals surface area contributed by atoms with Gasteiger partial charge in [-0.15, -0.1) is 0 Å². The number of hydrogen-bond donors (Lipinski definition) is 1. The molecule has 4 nitrogen and oxygen atoms in total. The first-order chi connectivity index (χ1) is 10.4. The summed E-state index contributed by atoms with van der Waals surface area (Å²) in [5.74, 6) is -2.29. The number of benzene rings is 2. The molecule has 1 aliphatic rings. The average Bonchev–Trinajstić information content (AvgIpc) is 2.51. The lowest BCUT2D eigenvalue weighted by molar-refractivity contribution is -0.138. The van der Waals surface area contributed by atoms with E-state index in [1.807, 2.05) is 0 Å². The standard InChI is InChI=1S/C15H11FO4S2/c1-8(15(17)18)9-2-4-11-13(6-9)21(19)12-5-3-10(16)7-14(12)22(11)20/h2-8H,1H3,(H,17,18). The van der Waals surface area contributed by atoms with Crippen molar-refractivity contribution in [3.63, 3.8) is 0 Å². The van der Waals surface area contributed by atoms with Crippen LogP contribution in [-0.4, -0.2) is 19.5 Å². The van der Waals surface area contributed by atoms with Crippen molar-refractivity contribution in [2.75, 3.05) is 0 Å². The van der Waals surface area contributed by atoms with E-state index in [1.165, 1.54) is 31.2 Å². The van der Waals surface area contributed by atoms with E-state index >= 15 is 0 Å². The van der Waals surface area contributed by atoms with Gasteiger partial charge in [0.15, 0.2) is 0 Å². The molecule has 3 rings (SSSR count). The van der Waals surface area contributed by atoms with Gasteiger partial charge in [-0.2, -0.15) is 0 Å². The number of carboxylic acid groups (broad SMARTS) is 1. The second kappa shape index (κ2) is 5.40. The van der Waals surface area contributed by atoms with E-state index in [-0.39, 0.29) is 4.90 Å². The lowest BCUT2D eigenvalue weighted by Crippen LogP contribution is -2.14. The third-order valence-corrected chi connectivity index (χ3v) is 6.79. The SMILES string of the molecule is CC(C(=O)O)c1ccc2c(c1)S(=O)c1ccc(F)cc1S2=O. The van der Waals surface area contributed by atoms with E-state index in [0.29, 0.717) is 20.2 Å². The van der Waals surface area contributed by atoms with Gasteiger partial charge in [-0.1, -0.05) is 6.07 Å². The minimum atomic E-state index is -1.63. The van der Waals surface area contributed by atoms with E-state index in [4.69, 9.17) is 5.11 Å². The van der Waals surface area contributed by atoms with Gasteiger partial charge in [-0.05, 0) is 42.8 Å². The van der Waals surface area contributed by atoms with Crippen LogP contribution in [0.3, 0.4) is 0 Å². The molecule has 0 spiro atoms. The Balaban J connectivity index is 2.17. The molecule has 0 saturated carbocycles. The van der Waals surface area contributed by atoms with Crippen LogP contribution in [0.2, 0.25) is 0 Å². The second-order valence-corrected chi connectivity index (χ2v) is 7.73. The van der Waals surface area contributed by atoms with E-state index in [0.717, 1.165) is 6.07 Å². The molecular formula is C15H11FO4S2. The number of fused-ring (bicyclic) bond motifs is 2. The van der Waals surface area contributed by atoms with Crippen molar-refractivity contribution in [2.24, 2.45) is 0 Å². The van der Waals surface area contributed by atoms with Crippen LogP contribution in [0.15, 0.2) is 56.0 Å². The summed E-state index contributed by atoms with van der Waals surface area (Å²) in [6.45, 7) is 1.52. The molecule has 0 fully saturated rings. The smallest absolute Gasteiger partial charge is 0.310 e. The van der Waals surface area contributed by atoms with Crippen LogP contribution in [0.25, 0.3) is 0 Å². The first-order valence-corrected chi connectivity index (χ1v) is 8.70. The molecule has 7 heteroatoms. The molecule has 1 N–H and O–H groups in total. The Kier molecular flexibility index (Phi) is 3.70. The van der Waals surface area contributed by atoms with Crippen molar-refractivity contribution in [2.45, 2.75) is 32.4 Å². The molecule has 0 aliphatic carbocycles. The fourth-order valence-corrected chi connectivity index (χ4v) is 5.46. The predicted octanol–water partition coefficient (Wildman–Crippen LogP) is 2.66. The highest BCUT2D eigenvalue weighted by Gasteiger charge is 2.29. The maximum atomic E-state index is 13.3. The van der Waals surface area contributed by atoms with E-state index in [1.54, 1.807) is 6.07 Å². The molecule has 0 saturated heterocycles. The van der Waals surface area contributed by atoms with Crippen LogP contribution in [0.1, 0.15) is 18.4 Å². The van der Waals surface area contributed by atoms with Gasteiger partial charge in [0.1, 0.15) is 5.82 Å². The van der Waals surface area contributed by atoms with Gasteiger partial charge >= 0.3 is 5.97 Å². The third kappa shape index (κ3) is 2.30. The second-order valence-electron chi connectivity index (χ2n) is 4.89. The van der Waals surface area contributed by atoms with Gasteiger partial charge in [0.2, 0.25) is 0 Å². The van der Waals surface area contributed by atoms with E-state index in [9.17, 15) is 17.6 Å². The molecule has 0 aromatic heterocycles. The van der Waals surface area contributed by atoms with Crippen LogP contribution in [0.5, 0.6) is 0 Å². The molecule has 1 aliphatic heterocycles. The van der Waals surface area contributed by atoms with Crippen LogP contribution >= 0.6 is 0 Å².